The number of nitrogens with zero attached hydrogens (tertiary/aromatic N) is 1. The first kappa shape index (κ1) is 15.1. The number of aliphatic hydroxyl groups excluding tert-OH is 1. The van der Waals surface area contributed by atoms with Crippen molar-refractivity contribution in [3.8, 4) is 0 Å². The molecule has 0 heterocycles. The Bertz CT molecular complexity index is 233. The van der Waals surface area contributed by atoms with E-state index in [2.05, 4.69) is 26.8 Å². The molecule has 4 nitrogen and oxygen atoms in total. The fourth-order valence-electron chi connectivity index (χ4n) is 0.887. The molecule has 0 spiro atoms. The third-order valence-corrected chi connectivity index (χ3v) is 3.98. The van der Waals surface area contributed by atoms with E-state index in [1.54, 1.807) is 0 Å². The molecule has 0 aliphatic heterocycles. The van der Waals surface area contributed by atoms with Gasteiger partial charge in [-0.3, -0.25) is 0 Å². The Hall–Kier alpha value is 0.139. The molecule has 6 heteroatoms. The topological polar surface area (TPSA) is 69.9 Å². The average Bonchev–Trinajstić information content (AvgIpc) is 2.22. The molecule has 2 atom stereocenters. The number of carboxylic acids is 1. The van der Waals surface area contributed by atoms with Crippen LogP contribution in [0.5, 0.6) is 0 Å². The molecule has 0 aromatic carbocycles. The second-order valence-corrected chi connectivity index (χ2v) is 5.97. The number of hydrogen-bond acceptors (Lipinski definition) is 3. The Balaban J connectivity index is 4.43. The van der Waals surface area contributed by atoms with E-state index >= 15 is 0 Å². The van der Waals surface area contributed by atoms with Gasteiger partial charge in [0.1, 0.15) is 0 Å². The number of aliphatic imine (C=N–C) groups is 1. The van der Waals surface area contributed by atoms with Crippen LogP contribution < -0.4 is 0 Å². The first-order valence-electron chi connectivity index (χ1n) is 4.67. The third kappa shape index (κ3) is 6.33. The molecule has 1 radical (unpaired) electrons. The molecule has 0 aliphatic rings. The molecule has 0 unspecified atom stereocenters. The Morgan fingerprint density at radius 2 is 2.20 bits per heavy atom. The number of aliphatic hydroxyl groups is 1. The van der Waals surface area contributed by atoms with Crippen molar-refractivity contribution in [1.29, 1.82) is 0 Å². The van der Waals surface area contributed by atoms with Crippen molar-refractivity contribution >= 4 is 41.5 Å². The van der Waals surface area contributed by atoms with Crippen LogP contribution in [0.2, 0.25) is 11.1 Å². The molecule has 15 heavy (non-hydrogen) atoms. The first-order valence-corrected chi connectivity index (χ1v) is 8.45. The summed E-state index contributed by atoms with van der Waals surface area (Å²) in [5.41, 5.74) is 0. The van der Waals surface area contributed by atoms with Crippen LogP contribution in [0.25, 0.3) is 0 Å². The summed E-state index contributed by atoms with van der Waals surface area (Å²) in [7, 11) is 0. The summed E-state index contributed by atoms with van der Waals surface area (Å²) in [5.74, 6) is 1.14. The monoisotopic (exact) mass is 346 g/mol. The van der Waals surface area contributed by atoms with Crippen LogP contribution in [0.4, 0.5) is 0 Å². The van der Waals surface area contributed by atoms with Crippen molar-refractivity contribution < 1.29 is 15.0 Å². The predicted octanol–water partition coefficient (Wildman–Crippen LogP) is 0.338. The summed E-state index contributed by atoms with van der Waals surface area (Å²) < 4.78 is 0.397. The van der Waals surface area contributed by atoms with E-state index in [0.29, 0.717) is 32.4 Å². The van der Waals surface area contributed by atoms with Crippen LogP contribution in [-0.2, 0) is 4.79 Å². The van der Waals surface area contributed by atoms with Crippen LogP contribution in [-0.4, -0.2) is 63.9 Å². The van der Waals surface area contributed by atoms with E-state index in [4.69, 9.17) is 5.11 Å². The normalized spacial score (nSPS) is 16.1. The quantitative estimate of drug-likeness (QED) is 0.517. The zero-order chi connectivity index (χ0) is 11.8. The number of hydrogen-bond donors (Lipinski definition) is 2. The second-order valence-electron chi connectivity index (χ2n) is 3.03. The van der Waals surface area contributed by atoms with Crippen LogP contribution in [0.1, 0.15) is 19.8 Å². The minimum atomic E-state index is -0.921. The van der Waals surface area contributed by atoms with Crippen LogP contribution in [0, 0.1) is 0 Å². The second kappa shape index (κ2) is 8.31. The van der Waals surface area contributed by atoms with Crippen molar-refractivity contribution in [2.45, 2.75) is 43.1 Å². The van der Waals surface area contributed by atoms with Gasteiger partial charge in [0.05, 0.1) is 0 Å². The number of aliphatic carboxylic acids is 1. The van der Waals surface area contributed by atoms with Crippen LogP contribution in [0.3, 0.4) is 0 Å². The molecule has 0 amide bonds. The van der Waals surface area contributed by atoms with E-state index < -0.39 is 18.1 Å². The molecule has 0 rings (SSSR count). The van der Waals surface area contributed by atoms with Gasteiger partial charge in [-0.05, 0) is 0 Å². The van der Waals surface area contributed by atoms with Gasteiger partial charge in [-0.2, -0.15) is 0 Å². The number of rotatable bonds is 7. The van der Waals surface area contributed by atoms with Gasteiger partial charge >= 0.3 is 105 Å². The number of carbonyl (C=O) groups is 1. The number of carboxylic acid groups (broad SMARTS) is 1. The summed E-state index contributed by atoms with van der Waals surface area (Å²) in [5, 5.41) is 19.2. The maximum atomic E-state index is 10.9. The third-order valence-electron chi connectivity index (χ3n) is 1.84. The maximum absolute atomic E-state index is 10.9. The van der Waals surface area contributed by atoms with E-state index in [1.165, 1.54) is 0 Å². The summed E-state index contributed by atoms with van der Waals surface area (Å²) >= 11 is 3.09. The Morgan fingerprint density at radius 1 is 1.60 bits per heavy atom. The zero-order valence-electron chi connectivity index (χ0n) is 8.84. The molecule has 0 aromatic rings. The fourth-order valence-corrected chi connectivity index (χ4v) is 2.47. The van der Waals surface area contributed by atoms with Crippen molar-refractivity contribution in [2.24, 2.45) is 4.99 Å². The molecule has 0 bridgehead atoms. The van der Waals surface area contributed by atoms with Crippen molar-refractivity contribution in [1.82, 2.24) is 0 Å². The fraction of sp³-hybridized carbons (Fsp3) is 0.778. The van der Waals surface area contributed by atoms with E-state index in [-0.39, 0.29) is 0 Å². The summed E-state index contributed by atoms with van der Waals surface area (Å²) in [6.07, 6.45) is 0.419. The molecule has 2 N–H and O–H groups in total. The van der Waals surface area contributed by atoms with E-state index in [0.717, 1.165) is 5.32 Å². The molecule has 87 valence electrons. The SMILES string of the molecule is CC[C@@H](O)C([Se])=N[C@@H](CC[Se]C)C(=O)O. The van der Waals surface area contributed by atoms with Crippen LogP contribution >= 0.6 is 0 Å². The minimum absolute atomic E-state index is 0.397. The average molecular weight is 344 g/mol. The summed E-state index contributed by atoms with van der Waals surface area (Å²) in [6.45, 7) is 1.82. The molecule has 0 saturated heterocycles. The van der Waals surface area contributed by atoms with E-state index in [1.807, 2.05) is 6.92 Å². The summed E-state index contributed by atoms with van der Waals surface area (Å²) in [6, 6.07) is -0.718. The molecule has 0 aromatic heterocycles. The first-order chi connectivity index (χ1) is 7.02. The van der Waals surface area contributed by atoms with Gasteiger partial charge in [0.15, 0.2) is 0 Å². The molecule has 0 saturated carbocycles. The Labute approximate surface area is 105 Å². The van der Waals surface area contributed by atoms with Crippen molar-refractivity contribution in [3.05, 3.63) is 0 Å². The molecule has 0 aliphatic carbocycles. The van der Waals surface area contributed by atoms with Crippen molar-refractivity contribution in [2.75, 3.05) is 0 Å². The van der Waals surface area contributed by atoms with Crippen LogP contribution in [0.15, 0.2) is 4.99 Å². The predicted molar refractivity (Wildman–Crippen MR) is 62.0 cm³/mol. The Kier molecular flexibility index (Phi) is 8.39. The van der Waals surface area contributed by atoms with Gasteiger partial charge in [0, 0.05) is 0 Å². The molecule has 0 fully saturated rings. The van der Waals surface area contributed by atoms with Gasteiger partial charge in [0.25, 0.3) is 0 Å². The van der Waals surface area contributed by atoms with Gasteiger partial charge < -0.3 is 0 Å². The van der Waals surface area contributed by atoms with Gasteiger partial charge in [-0.25, -0.2) is 0 Å². The summed E-state index contributed by atoms with van der Waals surface area (Å²) in [4.78, 5) is 14.9. The zero-order valence-corrected chi connectivity index (χ0v) is 12.3. The Morgan fingerprint density at radius 3 is 2.60 bits per heavy atom. The molecular weight excluding hydrogens is 328 g/mol. The van der Waals surface area contributed by atoms with Gasteiger partial charge in [-0.1, -0.05) is 0 Å². The molecular formula is C9H16NO3Se2. The van der Waals surface area contributed by atoms with Crippen molar-refractivity contribution in [3.63, 3.8) is 0 Å². The van der Waals surface area contributed by atoms with E-state index in [9.17, 15) is 9.90 Å². The standard InChI is InChI=1S/C9H16NO3Se2/c1-3-7(11)8(14)10-6(9(12)13)4-5-15-2/h6-7,11H,3-5H2,1-2H3,(H,12,13)/t6-,7+/m0/s1. The van der Waals surface area contributed by atoms with Gasteiger partial charge in [-0.15, -0.1) is 0 Å². The van der Waals surface area contributed by atoms with Gasteiger partial charge in [0.2, 0.25) is 0 Å².